The number of hydrogen-bond donors (Lipinski definition) is 1. The van der Waals surface area contributed by atoms with Gasteiger partial charge >= 0.3 is 0 Å². The standard InChI is InChI=1S/C30H15Cl2N5O3/c31-16-13-20-25(21(32)14-16)33-29-26(24(36-37(29)30(20)40)15-7-2-1-3-8-15)35-34-22-12-6-11-19-23(22)28(39)18-10-5-4-9-17(18)27(19)38/h1-14,34H. The average molecular weight is 564 g/mol. The molecule has 0 radical (unpaired) electrons. The molecular formula is C30H15Cl2N5O3. The van der Waals surface area contributed by atoms with Crippen molar-refractivity contribution >= 4 is 62.8 Å². The lowest BCUT2D eigenvalue weighted by molar-refractivity contribution is 0.0979. The number of carbonyl (C=O) groups excluding carboxylic acids is 2. The van der Waals surface area contributed by atoms with Crippen LogP contribution in [0.1, 0.15) is 43.2 Å². The fourth-order valence-electron chi connectivity index (χ4n) is 4.95. The van der Waals surface area contributed by atoms with Crippen LogP contribution in [0, 0.1) is 0 Å². The molecule has 8 nitrogen and oxygen atoms in total. The second-order valence-electron chi connectivity index (χ2n) is 9.15. The van der Waals surface area contributed by atoms with Gasteiger partial charge in [0, 0.05) is 27.3 Å². The zero-order chi connectivity index (χ0) is 27.5. The lowest BCUT2D eigenvalue weighted by Crippen LogP contribution is -2.23. The number of hydrazone groups is 1. The highest BCUT2D eigenvalue weighted by atomic mass is 35.5. The predicted octanol–water partition coefficient (Wildman–Crippen LogP) is 5.56. The summed E-state index contributed by atoms with van der Waals surface area (Å²) in [5.74, 6) is -0.376. The van der Waals surface area contributed by atoms with Crippen molar-refractivity contribution < 1.29 is 9.59 Å². The van der Waals surface area contributed by atoms with E-state index >= 15 is 0 Å². The van der Waals surface area contributed by atoms with Gasteiger partial charge in [-0.3, -0.25) is 19.8 Å². The fraction of sp³-hybridized carbons (Fsp3) is 0. The van der Waals surface area contributed by atoms with E-state index in [1.807, 2.05) is 30.3 Å². The van der Waals surface area contributed by atoms with E-state index in [2.05, 4.69) is 20.6 Å². The number of aromatic nitrogens is 2. The summed E-state index contributed by atoms with van der Waals surface area (Å²) in [5, 5.41) is 9.87. The number of benzene rings is 4. The minimum atomic E-state index is -0.461. The van der Waals surface area contributed by atoms with Gasteiger partial charge in [-0.2, -0.15) is 14.9 Å². The summed E-state index contributed by atoms with van der Waals surface area (Å²) in [6, 6.07) is 23.9. The van der Waals surface area contributed by atoms with Crippen LogP contribution in [-0.4, -0.2) is 32.6 Å². The summed E-state index contributed by atoms with van der Waals surface area (Å²) in [5.41, 5.74) is 5.59. The third-order valence-electron chi connectivity index (χ3n) is 6.79. The van der Waals surface area contributed by atoms with E-state index in [9.17, 15) is 14.4 Å². The van der Waals surface area contributed by atoms with Gasteiger partial charge in [0.25, 0.3) is 5.56 Å². The van der Waals surface area contributed by atoms with Crippen molar-refractivity contribution in [3.05, 3.63) is 139 Å². The maximum atomic E-state index is 13.5. The normalized spacial score (nSPS) is 14.7. The number of carbonyl (C=O) groups is 2. The average Bonchev–Trinajstić information content (AvgIpc) is 3.34. The number of nitrogens with one attached hydrogen (secondary N) is 1. The predicted molar refractivity (Wildman–Crippen MR) is 154 cm³/mol. The third kappa shape index (κ3) is 3.61. The molecule has 0 amide bonds. The van der Waals surface area contributed by atoms with E-state index in [0.717, 1.165) is 4.68 Å². The number of nitrogens with zero attached hydrogens (tertiary/aromatic N) is 4. The Hall–Kier alpha value is -4.92. The zero-order valence-electron chi connectivity index (χ0n) is 20.4. The van der Waals surface area contributed by atoms with Crippen molar-refractivity contribution in [1.29, 1.82) is 0 Å². The largest absolute Gasteiger partial charge is 0.289 e. The topological polar surface area (TPSA) is 106 Å². The van der Waals surface area contributed by atoms with Gasteiger partial charge in [0.05, 0.1) is 27.2 Å². The molecule has 1 aromatic heterocycles. The number of hydrogen-bond acceptors (Lipinski definition) is 7. The van der Waals surface area contributed by atoms with Gasteiger partial charge in [-0.15, -0.1) is 0 Å². The van der Waals surface area contributed by atoms with E-state index < -0.39 is 5.56 Å². The van der Waals surface area contributed by atoms with Gasteiger partial charge in [0.15, 0.2) is 23.1 Å². The van der Waals surface area contributed by atoms with Crippen LogP contribution in [0.4, 0.5) is 5.69 Å². The van der Waals surface area contributed by atoms with Crippen molar-refractivity contribution in [3.63, 3.8) is 0 Å². The van der Waals surface area contributed by atoms with Crippen LogP contribution in [0.25, 0.3) is 10.9 Å². The van der Waals surface area contributed by atoms with Gasteiger partial charge in [0.2, 0.25) is 0 Å². The molecular weight excluding hydrogens is 549 g/mol. The second-order valence-corrected chi connectivity index (χ2v) is 10.00. The Morgan fingerprint density at radius 1 is 0.775 bits per heavy atom. The first-order valence-electron chi connectivity index (χ1n) is 12.1. The van der Waals surface area contributed by atoms with Gasteiger partial charge in [-0.1, -0.05) is 89.9 Å². The Kier molecular flexibility index (Phi) is 5.48. The lowest BCUT2D eigenvalue weighted by Gasteiger charge is -2.19. The molecule has 2 heterocycles. The number of rotatable bonds is 3. The molecule has 0 fully saturated rings. The van der Waals surface area contributed by atoms with Crippen LogP contribution in [0.15, 0.2) is 99.9 Å². The molecule has 7 rings (SSSR count). The van der Waals surface area contributed by atoms with E-state index in [1.54, 1.807) is 42.5 Å². The summed E-state index contributed by atoms with van der Waals surface area (Å²) in [6.07, 6.45) is 0. The van der Waals surface area contributed by atoms with Crippen molar-refractivity contribution in [1.82, 2.24) is 9.66 Å². The molecule has 0 saturated carbocycles. The number of fused-ring (bicyclic) bond motifs is 4. The summed E-state index contributed by atoms with van der Waals surface area (Å²) >= 11 is 12.6. The van der Waals surface area contributed by atoms with Gasteiger partial charge in [0.1, 0.15) is 5.71 Å². The van der Waals surface area contributed by atoms with Crippen LogP contribution >= 0.6 is 23.2 Å². The number of ketones is 2. The van der Waals surface area contributed by atoms with Crippen LogP contribution < -0.4 is 11.0 Å². The van der Waals surface area contributed by atoms with Gasteiger partial charge in [-0.25, -0.2) is 4.98 Å². The van der Waals surface area contributed by atoms with E-state index in [0.29, 0.717) is 33.1 Å². The molecule has 0 spiro atoms. The van der Waals surface area contributed by atoms with E-state index in [1.165, 1.54) is 12.1 Å². The van der Waals surface area contributed by atoms with Crippen molar-refractivity contribution in [3.8, 4) is 0 Å². The molecule has 10 heteroatoms. The van der Waals surface area contributed by atoms with Crippen molar-refractivity contribution in [2.24, 2.45) is 10.2 Å². The van der Waals surface area contributed by atoms with Gasteiger partial charge in [-0.05, 0) is 18.2 Å². The molecule has 1 aliphatic carbocycles. The maximum absolute atomic E-state index is 13.5. The first-order chi connectivity index (χ1) is 19.4. The molecule has 2 aliphatic rings. The number of anilines is 1. The molecule has 1 aliphatic heterocycles. The third-order valence-corrected chi connectivity index (χ3v) is 7.30. The second kappa shape index (κ2) is 9.08. The van der Waals surface area contributed by atoms with Crippen molar-refractivity contribution in [2.45, 2.75) is 0 Å². The molecule has 0 bridgehead atoms. The minimum Gasteiger partial charge on any atom is -0.289 e. The Balaban J connectivity index is 1.40. The van der Waals surface area contributed by atoms with E-state index in [-0.39, 0.29) is 50.2 Å². The lowest BCUT2D eigenvalue weighted by atomic mass is 9.83. The molecule has 0 atom stereocenters. The molecule has 0 saturated heterocycles. The van der Waals surface area contributed by atoms with Crippen LogP contribution in [0.2, 0.25) is 10.0 Å². The summed E-state index contributed by atoms with van der Waals surface area (Å²) in [6.45, 7) is 0. The Labute approximate surface area is 236 Å². The molecule has 5 aromatic rings. The monoisotopic (exact) mass is 563 g/mol. The first-order valence-corrected chi connectivity index (χ1v) is 12.9. The quantitative estimate of drug-likeness (QED) is 0.284. The highest BCUT2D eigenvalue weighted by Crippen LogP contribution is 2.32. The highest BCUT2D eigenvalue weighted by molar-refractivity contribution is 6.54. The smallest absolute Gasteiger partial charge is 0.282 e. The molecule has 1 N–H and O–H groups in total. The molecule has 4 aromatic carbocycles. The Bertz CT molecular complexity index is 2070. The van der Waals surface area contributed by atoms with Crippen LogP contribution in [0.3, 0.4) is 0 Å². The maximum Gasteiger partial charge on any atom is 0.282 e. The Morgan fingerprint density at radius 3 is 2.25 bits per heavy atom. The zero-order valence-corrected chi connectivity index (χ0v) is 21.9. The molecule has 0 unspecified atom stereocenters. The number of halogens is 2. The van der Waals surface area contributed by atoms with Crippen LogP contribution in [0.5, 0.6) is 0 Å². The fourth-order valence-corrected chi connectivity index (χ4v) is 5.49. The van der Waals surface area contributed by atoms with E-state index in [4.69, 9.17) is 23.2 Å². The summed E-state index contributed by atoms with van der Waals surface area (Å²) < 4.78 is 1.16. The van der Waals surface area contributed by atoms with Crippen molar-refractivity contribution in [2.75, 3.05) is 5.43 Å². The SMILES string of the molecule is O=C1c2ccccc2C(=O)c2c(NN=C3C(c4ccccc4)=Nn4c3nc3c(Cl)cc(Cl)cc3c4=O)cccc21. The summed E-state index contributed by atoms with van der Waals surface area (Å²) in [7, 11) is 0. The van der Waals surface area contributed by atoms with Crippen LogP contribution in [-0.2, 0) is 0 Å². The minimum absolute atomic E-state index is 0.158. The van der Waals surface area contributed by atoms with Gasteiger partial charge < -0.3 is 0 Å². The Morgan fingerprint density at radius 2 is 1.48 bits per heavy atom. The summed E-state index contributed by atoms with van der Waals surface area (Å²) in [4.78, 5) is 44.7. The highest BCUT2D eigenvalue weighted by Gasteiger charge is 2.32. The molecule has 40 heavy (non-hydrogen) atoms. The first kappa shape index (κ1) is 24.1. The molecule has 192 valence electrons.